The summed E-state index contributed by atoms with van der Waals surface area (Å²) in [5, 5.41) is 7.27. The summed E-state index contributed by atoms with van der Waals surface area (Å²) in [4.78, 5) is 16.5. The third-order valence-electron chi connectivity index (χ3n) is 4.14. The Balaban J connectivity index is 0.00000208. The normalized spacial score (nSPS) is 17.0. The zero-order valence-corrected chi connectivity index (χ0v) is 15.3. The molecule has 2 aromatic rings. The highest BCUT2D eigenvalue weighted by Gasteiger charge is 2.15. The van der Waals surface area contributed by atoms with Crippen LogP contribution in [0, 0.1) is 0 Å². The molecule has 0 unspecified atom stereocenters. The molecule has 24 heavy (non-hydrogen) atoms. The predicted molar refractivity (Wildman–Crippen MR) is 103 cm³/mol. The maximum Gasteiger partial charge on any atom is 0.257 e. The molecule has 128 valence electrons. The van der Waals surface area contributed by atoms with E-state index in [2.05, 4.69) is 27.8 Å². The highest BCUT2D eigenvalue weighted by Crippen LogP contribution is 2.24. The van der Waals surface area contributed by atoms with Gasteiger partial charge in [-0.05, 0) is 61.4 Å². The molecule has 1 saturated heterocycles. The van der Waals surface area contributed by atoms with Gasteiger partial charge in [0.1, 0.15) is 0 Å². The van der Waals surface area contributed by atoms with Gasteiger partial charge in [-0.3, -0.25) is 4.79 Å². The second-order valence-corrected chi connectivity index (χ2v) is 6.54. The topological polar surface area (TPSA) is 54.0 Å². The summed E-state index contributed by atoms with van der Waals surface area (Å²) >= 11 is 1.56. The molecular formula is C18H22ClN3OS. The van der Waals surface area contributed by atoms with Gasteiger partial charge in [0, 0.05) is 18.4 Å². The number of carbonyl (C=O) groups excluding carboxylic acids is 1. The Morgan fingerprint density at radius 1 is 1.25 bits per heavy atom. The largest absolute Gasteiger partial charge is 0.322 e. The first-order chi connectivity index (χ1) is 11.3. The molecule has 1 amide bonds. The lowest BCUT2D eigenvalue weighted by molar-refractivity contribution is 0.102. The third kappa shape index (κ3) is 4.72. The average molecular weight is 364 g/mol. The van der Waals surface area contributed by atoms with Crippen LogP contribution in [0.5, 0.6) is 0 Å². The summed E-state index contributed by atoms with van der Waals surface area (Å²) in [6.07, 6.45) is 6.03. The Morgan fingerprint density at radius 2 is 2.04 bits per heavy atom. The van der Waals surface area contributed by atoms with Crippen molar-refractivity contribution in [2.24, 2.45) is 0 Å². The van der Waals surface area contributed by atoms with Crippen molar-refractivity contribution < 1.29 is 4.79 Å². The van der Waals surface area contributed by atoms with E-state index < -0.39 is 0 Å². The lowest BCUT2D eigenvalue weighted by Crippen LogP contribution is -2.28. The van der Waals surface area contributed by atoms with Crippen molar-refractivity contribution in [3.05, 3.63) is 53.7 Å². The van der Waals surface area contributed by atoms with Crippen LogP contribution in [0.25, 0.3) is 0 Å². The maximum absolute atomic E-state index is 12.2. The van der Waals surface area contributed by atoms with Crippen molar-refractivity contribution in [3.8, 4) is 0 Å². The molecule has 0 radical (unpaired) electrons. The maximum atomic E-state index is 12.2. The first-order valence-electron chi connectivity index (χ1n) is 7.88. The van der Waals surface area contributed by atoms with E-state index in [1.165, 1.54) is 18.4 Å². The number of carbonyl (C=O) groups is 1. The van der Waals surface area contributed by atoms with Gasteiger partial charge in [0.05, 0.1) is 10.6 Å². The minimum absolute atomic E-state index is 0. The number of piperidine rings is 1. The van der Waals surface area contributed by atoms with Crippen molar-refractivity contribution in [2.75, 3.05) is 24.7 Å². The second-order valence-electron chi connectivity index (χ2n) is 5.71. The molecule has 1 atom stereocenters. The van der Waals surface area contributed by atoms with Gasteiger partial charge in [-0.2, -0.15) is 0 Å². The van der Waals surface area contributed by atoms with Gasteiger partial charge in [0.2, 0.25) is 0 Å². The SMILES string of the molecule is CSc1ccc(C(=O)Nc2ccc([C@@H]3CCCNC3)cc2)cn1.Cl. The van der Waals surface area contributed by atoms with Gasteiger partial charge in [0.15, 0.2) is 0 Å². The predicted octanol–water partition coefficient (Wildman–Crippen LogP) is 3.94. The van der Waals surface area contributed by atoms with E-state index >= 15 is 0 Å². The van der Waals surface area contributed by atoms with Crippen molar-refractivity contribution in [2.45, 2.75) is 23.8 Å². The van der Waals surface area contributed by atoms with E-state index in [1.807, 2.05) is 24.5 Å². The molecule has 6 heteroatoms. The van der Waals surface area contributed by atoms with Crippen LogP contribution in [0.3, 0.4) is 0 Å². The van der Waals surface area contributed by atoms with Crippen LogP contribution in [-0.4, -0.2) is 30.2 Å². The van der Waals surface area contributed by atoms with E-state index in [0.717, 1.165) is 23.8 Å². The van der Waals surface area contributed by atoms with Crippen LogP contribution >= 0.6 is 24.2 Å². The summed E-state index contributed by atoms with van der Waals surface area (Å²) in [7, 11) is 0. The first-order valence-corrected chi connectivity index (χ1v) is 9.11. The van der Waals surface area contributed by atoms with Crippen LogP contribution < -0.4 is 10.6 Å². The van der Waals surface area contributed by atoms with E-state index in [0.29, 0.717) is 11.5 Å². The number of hydrogen-bond donors (Lipinski definition) is 2. The van der Waals surface area contributed by atoms with E-state index in [-0.39, 0.29) is 18.3 Å². The van der Waals surface area contributed by atoms with Crippen molar-refractivity contribution in [1.82, 2.24) is 10.3 Å². The van der Waals surface area contributed by atoms with Crippen LogP contribution in [0.1, 0.15) is 34.7 Å². The summed E-state index contributed by atoms with van der Waals surface area (Å²) in [6.45, 7) is 2.16. The molecule has 1 aromatic carbocycles. The average Bonchev–Trinajstić information content (AvgIpc) is 2.63. The third-order valence-corrected chi connectivity index (χ3v) is 4.80. The molecule has 2 heterocycles. The number of rotatable bonds is 4. The quantitative estimate of drug-likeness (QED) is 0.808. The van der Waals surface area contributed by atoms with Crippen molar-refractivity contribution in [1.29, 1.82) is 0 Å². The van der Waals surface area contributed by atoms with Crippen LogP contribution in [0.15, 0.2) is 47.6 Å². The number of nitrogens with zero attached hydrogens (tertiary/aromatic N) is 1. The summed E-state index contributed by atoms with van der Waals surface area (Å²) in [5.41, 5.74) is 2.72. The first kappa shape index (κ1) is 18.8. The summed E-state index contributed by atoms with van der Waals surface area (Å²) in [6, 6.07) is 11.8. The minimum atomic E-state index is -0.128. The van der Waals surface area contributed by atoms with Gasteiger partial charge < -0.3 is 10.6 Å². The van der Waals surface area contributed by atoms with E-state index in [4.69, 9.17) is 0 Å². The number of benzene rings is 1. The number of thioether (sulfide) groups is 1. The zero-order chi connectivity index (χ0) is 16.1. The molecule has 0 spiro atoms. The van der Waals surface area contributed by atoms with Gasteiger partial charge in [-0.15, -0.1) is 24.2 Å². The summed E-state index contributed by atoms with van der Waals surface area (Å²) in [5.74, 6) is 0.453. The lowest BCUT2D eigenvalue weighted by atomic mass is 9.92. The Kier molecular flexibility index (Phi) is 7.09. The number of pyridine rings is 1. The molecular weight excluding hydrogens is 342 g/mol. The summed E-state index contributed by atoms with van der Waals surface area (Å²) < 4.78 is 0. The van der Waals surface area contributed by atoms with E-state index in [9.17, 15) is 4.79 Å². The van der Waals surface area contributed by atoms with Crippen molar-refractivity contribution >= 4 is 35.8 Å². The molecule has 0 bridgehead atoms. The van der Waals surface area contributed by atoms with Crippen LogP contribution in [0.4, 0.5) is 5.69 Å². The highest BCUT2D eigenvalue weighted by atomic mass is 35.5. The Hall–Kier alpha value is -1.56. The monoisotopic (exact) mass is 363 g/mol. The number of anilines is 1. The lowest BCUT2D eigenvalue weighted by Gasteiger charge is -2.23. The number of aromatic nitrogens is 1. The molecule has 1 fully saturated rings. The fourth-order valence-corrected chi connectivity index (χ4v) is 3.18. The molecule has 0 aliphatic carbocycles. The molecule has 2 N–H and O–H groups in total. The Bertz CT molecular complexity index is 655. The molecule has 1 aliphatic heterocycles. The molecule has 1 aromatic heterocycles. The number of hydrogen-bond acceptors (Lipinski definition) is 4. The molecule has 4 nitrogen and oxygen atoms in total. The number of nitrogens with one attached hydrogen (secondary N) is 2. The van der Waals surface area contributed by atoms with Gasteiger partial charge in [-0.25, -0.2) is 4.98 Å². The van der Waals surface area contributed by atoms with Crippen LogP contribution in [0.2, 0.25) is 0 Å². The number of halogens is 1. The van der Waals surface area contributed by atoms with Gasteiger partial charge in [0.25, 0.3) is 5.91 Å². The van der Waals surface area contributed by atoms with Crippen LogP contribution in [-0.2, 0) is 0 Å². The smallest absolute Gasteiger partial charge is 0.257 e. The fraction of sp³-hybridized carbons (Fsp3) is 0.333. The zero-order valence-electron chi connectivity index (χ0n) is 13.6. The fourth-order valence-electron chi connectivity index (χ4n) is 2.81. The minimum Gasteiger partial charge on any atom is -0.322 e. The Morgan fingerprint density at radius 3 is 2.62 bits per heavy atom. The van der Waals surface area contributed by atoms with Gasteiger partial charge in [-0.1, -0.05) is 12.1 Å². The van der Waals surface area contributed by atoms with Crippen molar-refractivity contribution in [3.63, 3.8) is 0 Å². The standard InChI is InChI=1S/C18H21N3OS.ClH/c1-23-17-9-6-15(12-20-17)18(22)21-16-7-4-13(5-8-16)14-3-2-10-19-11-14;/h4-9,12,14,19H,2-3,10-11H2,1H3,(H,21,22);1H/t14-;/m1./s1. The highest BCUT2D eigenvalue weighted by molar-refractivity contribution is 7.98. The molecule has 1 aliphatic rings. The second kappa shape index (κ2) is 9.06. The molecule has 3 rings (SSSR count). The Labute approximate surface area is 153 Å². The van der Waals surface area contributed by atoms with Gasteiger partial charge >= 0.3 is 0 Å². The number of amides is 1. The molecule has 0 saturated carbocycles. The van der Waals surface area contributed by atoms with E-state index in [1.54, 1.807) is 24.0 Å².